The fourth-order valence-electron chi connectivity index (χ4n) is 1.90. The van der Waals surface area contributed by atoms with Gasteiger partial charge in [0.1, 0.15) is 0 Å². The van der Waals surface area contributed by atoms with E-state index in [9.17, 15) is 9.90 Å². The fraction of sp³-hybridized carbons (Fsp3) is 0.250. The molecule has 0 aliphatic heterocycles. The number of benzene rings is 1. The summed E-state index contributed by atoms with van der Waals surface area (Å²) in [7, 11) is 0. The van der Waals surface area contributed by atoms with Gasteiger partial charge in [-0.1, -0.05) is 18.2 Å². The molecular weight excluding hydrogens is 282 g/mol. The number of carbonyl (C=O) groups is 1. The Bertz CT molecular complexity index is 605. The second-order valence-electron chi connectivity index (χ2n) is 4.77. The number of nitrogens with zero attached hydrogens (tertiary/aromatic N) is 1. The molecule has 1 heterocycles. The van der Waals surface area contributed by atoms with Crippen molar-refractivity contribution in [2.24, 2.45) is 0 Å². The summed E-state index contributed by atoms with van der Waals surface area (Å²) in [5.41, 5.74) is 1.86. The van der Waals surface area contributed by atoms with Crippen LogP contribution in [0.5, 0.6) is 0 Å². The zero-order valence-corrected chi connectivity index (χ0v) is 12.1. The number of aromatic nitrogens is 1. The zero-order chi connectivity index (χ0) is 15.8. The molecule has 0 saturated heterocycles. The molecule has 0 fully saturated rings. The van der Waals surface area contributed by atoms with E-state index in [1.165, 1.54) is 0 Å². The molecule has 2 aromatic rings. The van der Waals surface area contributed by atoms with Crippen LogP contribution >= 0.6 is 0 Å². The normalized spacial score (nSPS) is 11.7. The van der Waals surface area contributed by atoms with Gasteiger partial charge in [0.25, 0.3) is 5.91 Å². The lowest BCUT2D eigenvalue weighted by atomic mass is 10.1. The first kappa shape index (κ1) is 15.9. The Hall–Kier alpha value is -2.44. The van der Waals surface area contributed by atoms with Crippen molar-refractivity contribution >= 4 is 11.6 Å². The number of pyridine rings is 1. The third-order valence-electron chi connectivity index (χ3n) is 3.07. The molecule has 0 bridgehead atoms. The van der Waals surface area contributed by atoms with Gasteiger partial charge < -0.3 is 20.8 Å². The quantitative estimate of drug-likeness (QED) is 0.606. The minimum absolute atomic E-state index is 0.168. The highest BCUT2D eigenvalue weighted by Gasteiger charge is 2.11. The first-order valence-corrected chi connectivity index (χ1v) is 7.00. The van der Waals surface area contributed by atoms with Crippen LogP contribution in [0.3, 0.4) is 0 Å². The number of para-hydroxylation sites is 1. The van der Waals surface area contributed by atoms with E-state index in [2.05, 4.69) is 15.6 Å². The van der Waals surface area contributed by atoms with Crippen molar-refractivity contribution in [2.45, 2.75) is 12.6 Å². The smallest absolute Gasteiger partial charge is 0.253 e. The minimum atomic E-state index is -0.871. The lowest BCUT2D eigenvalue weighted by molar-refractivity contribution is 0.0950. The van der Waals surface area contributed by atoms with E-state index < -0.39 is 6.10 Å². The molecular formula is C16H19N3O3. The molecule has 1 amide bonds. The molecule has 22 heavy (non-hydrogen) atoms. The van der Waals surface area contributed by atoms with Crippen molar-refractivity contribution in [1.82, 2.24) is 10.3 Å². The predicted molar refractivity (Wildman–Crippen MR) is 83.4 cm³/mol. The van der Waals surface area contributed by atoms with Crippen LogP contribution in [-0.2, 0) is 6.54 Å². The number of carbonyl (C=O) groups excluding carboxylic acids is 1. The van der Waals surface area contributed by atoms with E-state index in [1.54, 1.807) is 30.5 Å². The Kier molecular flexibility index (Phi) is 5.88. The Labute approximate surface area is 128 Å². The van der Waals surface area contributed by atoms with Gasteiger partial charge in [0.2, 0.25) is 0 Å². The molecule has 0 spiro atoms. The van der Waals surface area contributed by atoms with Gasteiger partial charge >= 0.3 is 0 Å². The third-order valence-corrected chi connectivity index (χ3v) is 3.07. The number of amides is 1. The molecule has 2 rings (SSSR count). The fourth-order valence-corrected chi connectivity index (χ4v) is 1.90. The van der Waals surface area contributed by atoms with Gasteiger partial charge in [-0.3, -0.25) is 9.78 Å². The lowest BCUT2D eigenvalue weighted by Gasteiger charge is -2.14. The zero-order valence-electron chi connectivity index (χ0n) is 12.1. The van der Waals surface area contributed by atoms with Crippen LogP contribution in [0, 0.1) is 0 Å². The van der Waals surface area contributed by atoms with Crippen LogP contribution in [0.1, 0.15) is 16.1 Å². The highest BCUT2D eigenvalue weighted by Crippen LogP contribution is 2.15. The van der Waals surface area contributed by atoms with Crippen molar-refractivity contribution in [1.29, 1.82) is 0 Å². The second kappa shape index (κ2) is 8.11. The molecule has 6 heteroatoms. The Balaban J connectivity index is 1.99. The molecule has 1 aromatic heterocycles. The minimum Gasteiger partial charge on any atom is -0.394 e. The van der Waals surface area contributed by atoms with Gasteiger partial charge in [0.05, 0.1) is 30.5 Å². The van der Waals surface area contributed by atoms with Crippen LogP contribution in [0.15, 0.2) is 48.7 Å². The SMILES string of the molecule is O=C(NCc1ccccn1)c1ccccc1NCC(O)CO. The average Bonchev–Trinajstić information content (AvgIpc) is 2.58. The van der Waals surface area contributed by atoms with Gasteiger partial charge in [-0.2, -0.15) is 0 Å². The first-order valence-electron chi connectivity index (χ1n) is 7.00. The van der Waals surface area contributed by atoms with Crippen molar-refractivity contribution in [2.75, 3.05) is 18.5 Å². The molecule has 6 nitrogen and oxygen atoms in total. The van der Waals surface area contributed by atoms with Crippen LogP contribution in [0.2, 0.25) is 0 Å². The number of aliphatic hydroxyl groups is 2. The molecule has 0 aliphatic rings. The highest BCUT2D eigenvalue weighted by atomic mass is 16.3. The van der Waals surface area contributed by atoms with Crippen molar-refractivity contribution in [3.8, 4) is 0 Å². The third kappa shape index (κ3) is 4.54. The maximum Gasteiger partial charge on any atom is 0.253 e. The van der Waals surface area contributed by atoms with Crippen molar-refractivity contribution < 1.29 is 15.0 Å². The molecule has 1 atom stereocenters. The topological polar surface area (TPSA) is 94.5 Å². The predicted octanol–water partition coefficient (Wildman–Crippen LogP) is 0.777. The van der Waals surface area contributed by atoms with E-state index >= 15 is 0 Å². The van der Waals surface area contributed by atoms with Gasteiger partial charge in [-0.15, -0.1) is 0 Å². The second-order valence-corrected chi connectivity index (χ2v) is 4.77. The van der Waals surface area contributed by atoms with Gasteiger partial charge in [0.15, 0.2) is 0 Å². The van der Waals surface area contributed by atoms with E-state index in [-0.39, 0.29) is 19.1 Å². The van der Waals surface area contributed by atoms with Crippen LogP contribution in [-0.4, -0.2) is 40.4 Å². The van der Waals surface area contributed by atoms with E-state index in [1.807, 2.05) is 18.2 Å². The number of aliphatic hydroxyl groups excluding tert-OH is 2. The largest absolute Gasteiger partial charge is 0.394 e. The van der Waals surface area contributed by atoms with E-state index in [0.29, 0.717) is 17.8 Å². The molecule has 116 valence electrons. The molecule has 0 saturated carbocycles. The standard InChI is InChI=1S/C16H19N3O3/c20-11-13(21)10-18-15-7-2-1-6-14(15)16(22)19-9-12-5-3-4-8-17-12/h1-8,13,18,20-21H,9-11H2,(H,19,22). The molecule has 0 aliphatic carbocycles. The van der Waals surface area contributed by atoms with Gasteiger partial charge in [0, 0.05) is 18.4 Å². The first-order chi connectivity index (χ1) is 10.7. The number of nitrogens with one attached hydrogen (secondary N) is 2. The summed E-state index contributed by atoms with van der Waals surface area (Å²) < 4.78 is 0. The van der Waals surface area contributed by atoms with Crippen LogP contribution < -0.4 is 10.6 Å². The summed E-state index contributed by atoms with van der Waals surface area (Å²) in [4.78, 5) is 16.4. The van der Waals surface area contributed by atoms with Crippen molar-refractivity contribution in [3.05, 3.63) is 59.9 Å². The monoisotopic (exact) mass is 301 g/mol. The highest BCUT2D eigenvalue weighted by molar-refractivity contribution is 5.99. The van der Waals surface area contributed by atoms with Crippen LogP contribution in [0.4, 0.5) is 5.69 Å². The summed E-state index contributed by atoms with van der Waals surface area (Å²) >= 11 is 0. The van der Waals surface area contributed by atoms with Gasteiger partial charge in [-0.05, 0) is 24.3 Å². The number of rotatable bonds is 7. The summed E-state index contributed by atoms with van der Waals surface area (Å²) in [6.45, 7) is 0.176. The number of hydrogen-bond acceptors (Lipinski definition) is 5. The van der Waals surface area contributed by atoms with Gasteiger partial charge in [-0.25, -0.2) is 0 Å². The summed E-state index contributed by atoms with van der Waals surface area (Å²) in [6.07, 6.45) is 0.803. The van der Waals surface area contributed by atoms with E-state index in [0.717, 1.165) is 5.69 Å². The molecule has 1 unspecified atom stereocenters. The van der Waals surface area contributed by atoms with Crippen LogP contribution in [0.25, 0.3) is 0 Å². The summed E-state index contributed by atoms with van der Waals surface area (Å²) in [5.74, 6) is -0.229. The maximum absolute atomic E-state index is 12.3. The summed E-state index contributed by atoms with van der Waals surface area (Å²) in [5, 5.41) is 24.0. The number of hydrogen-bond donors (Lipinski definition) is 4. The Morgan fingerprint density at radius 3 is 2.68 bits per heavy atom. The maximum atomic E-state index is 12.3. The molecule has 0 radical (unpaired) electrons. The molecule has 4 N–H and O–H groups in total. The molecule has 1 aromatic carbocycles. The lowest BCUT2D eigenvalue weighted by Crippen LogP contribution is -2.27. The Morgan fingerprint density at radius 1 is 1.18 bits per heavy atom. The van der Waals surface area contributed by atoms with E-state index in [4.69, 9.17) is 5.11 Å². The van der Waals surface area contributed by atoms with Crippen molar-refractivity contribution in [3.63, 3.8) is 0 Å². The number of anilines is 1. The Morgan fingerprint density at radius 2 is 1.95 bits per heavy atom. The summed E-state index contributed by atoms with van der Waals surface area (Å²) in [6, 6.07) is 12.5. The average molecular weight is 301 g/mol.